The molecule has 2 atom stereocenters. The van der Waals surface area contributed by atoms with Gasteiger partial charge in [-0.05, 0) is 24.5 Å². The van der Waals surface area contributed by atoms with Crippen LogP contribution >= 0.6 is 0 Å². The van der Waals surface area contributed by atoms with Crippen molar-refractivity contribution in [1.29, 1.82) is 0 Å². The number of aromatic amines is 1. The summed E-state index contributed by atoms with van der Waals surface area (Å²) in [6, 6.07) is 1.43. The van der Waals surface area contributed by atoms with Gasteiger partial charge in [-0.1, -0.05) is 0 Å². The van der Waals surface area contributed by atoms with Crippen molar-refractivity contribution in [3.63, 3.8) is 0 Å². The highest BCUT2D eigenvalue weighted by Gasteiger charge is 2.36. The molecular weight excluding hydrogens is 258 g/mol. The summed E-state index contributed by atoms with van der Waals surface area (Å²) < 4.78 is 1.72. The molecule has 0 aliphatic carbocycles. The molecule has 0 unspecified atom stereocenters. The van der Waals surface area contributed by atoms with Crippen LogP contribution in [-0.2, 0) is 13.5 Å². The molecule has 20 heavy (non-hydrogen) atoms. The Bertz CT molecular complexity index is 592. The smallest absolute Gasteiger partial charge is 0.272 e. The number of aryl methyl sites for hydroxylation is 1. The van der Waals surface area contributed by atoms with Crippen molar-refractivity contribution in [3.05, 3.63) is 35.9 Å². The minimum absolute atomic E-state index is 0.118. The average Bonchev–Trinajstić information content (AvgIpc) is 3.13. The second kappa shape index (κ2) is 5.09. The summed E-state index contributed by atoms with van der Waals surface area (Å²) in [5.41, 5.74) is 1.47. The van der Waals surface area contributed by atoms with E-state index in [1.165, 1.54) is 0 Å². The molecule has 0 radical (unpaired) electrons. The number of likely N-dealkylation sites (tertiary alicyclic amines) is 1. The second-order valence-electron chi connectivity index (χ2n) is 5.12. The quantitative estimate of drug-likeness (QED) is 0.823. The van der Waals surface area contributed by atoms with Crippen molar-refractivity contribution in [3.8, 4) is 0 Å². The molecule has 1 aliphatic heterocycles. The van der Waals surface area contributed by atoms with E-state index < -0.39 is 6.10 Å². The van der Waals surface area contributed by atoms with Gasteiger partial charge in [-0.3, -0.25) is 14.6 Å². The Hall–Kier alpha value is -2.15. The number of H-pyrrole nitrogens is 1. The van der Waals surface area contributed by atoms with E-state index in [1.807, 2.05) is 13.2 Å². The molecule has 7 heteroatoms. The van der Waals surface area contributed by atoms with Gasteiger partial charge in [-0.15, -0.1) is 0 Å². The van der Waals surface area contributed by atoms with Crippen LogP contribution in [-0.4, -0.2) is 54.6 Å². The first-order valence-electron chi connectivity index (χ1n) is 6.61. The molecule has 106 valence electrons. The van der Waals surface area contributed by atoms with Gasteiger partial charge in [0.25, 0.3) is 5.91 Å². The van der Waals surface area contributed by atoms with Crippen LogP contribution in [0, 0.1) is 0 Å². The van der Waals surface area contributed by atoms with Crippen LogP contribution in [0.25, 0.3) is 0 Å². The maximum atomic E-state index is 12.4. The summed E-state index contributed by atoms with van der Waals surface area (Å²) in [4.78, 5) is 14.1. The highest BCUT2D eigenvalue weighted by atomic mass is 16.3. The molecule has 3 heterocycles. The van der Waals surface area contributed by atoms with E-state index in [0.717, 1.165) is 5.56 Å². The second-order valence-corrected chi connectivity index (χ2v) is 5.12. The summed E-state index contributed by atoms with van der Waals surface area (Å²) in [5, 5.41) is 20.7. The van der Waals surface area contributed by atoms with Crippen molar-refractivity contribution >= 4 is 5.91 Å². The van der Waals surface area contributed by atoms with Gasteiger partial charge in [0.2, 0.25) is 0 Å². The number of aromatic nitrogens is 4. The molecule has 0 bridgehead atoms. The Morgan fingerprint density at radius 2 is 2.45 bits per heavy atom. The minimum atomic E-state index is -0.498. The summed E-state index contributed by atoms with van der Waals surface area (Å²) in [6.45, 7) is 0.559. The molecule has 2 N–H and O–H groups in total. The van der Waals surface area contributed by atoms with Crippen LogP contribution in [0.5, 0.6) is 0 Å². The van der Waals surface area contributed by atoms with E-state index in [2.05, 4.69) is 15.3 Å². The summed E-state index contributed by atoms with van der Waals surface area (Å²) in [5.74, 6) is -0.118. The van der Waals surface area contributed by atoms with E-state index in [0.29, 0.717) is 25.1 Å². The number of aliphatic hydroxyl groups excluding tert-OH is 1. The molecule has 0 aromatic carbocycles. The maximum Gasteiger partial charge on any atom is 0.272 e. The predicted octanol–water partition coefficient (Wildman–Crippen LogP) is -0.0387. The number of carbonyl (C=O) groups excluding carboxylic acids is 1. The van der Waals surface area contributed by atoms with Gasteiger partial charge >= 0.3 is 0 Å². The van der Waals surface area contributed by atoms with Crippen molar-refractivity contribution in [2.75, 3.05) is 6.54 Å². The lowest BCUT2D eigenvalue weighted by Gasteiger charge is -2.25. The number of aliphatic hydroxyl groups is 1. The molecule has 1 amide bonds. The van der Waals surface area contributed by atoms with E-state index >= 15 is 0 Å². The average molecular weight is 275 g/mol. The molecule has 2 aromatic rings. The van der Waals surface area contributed by atoms with Gasteiger partial charge in [0.15, 0.2) is 0 Å². The zero-order valence-electron chi connectivity index (χ0n) is 11.2. The minimum Gasteiger partial charge on any atom is -0.391 e. The van der Waals surface area contributed by atoms with Gasteiger partial charge in [0, 0.05) is 26.0 Å². The predicted molar refractivity (Wildman–Crippen MR) is 70.9 cm³/mol. The van der Waals surface area contributed by atoms with Gasteiger partial charge in [0.05, 0.1) is 18.3 Å². The fraction of sp³-hybridized carbons (Fsp3) is 0.462. The summed E-state index contributed by atoms with van der Waals surface area (Å²) >= 11 is 0. The summed E-state index contributed by atoms with van der Waals surface area (Å²) in [6.07, 6.45) is 5.94. The molecule has 1 aliphatic rings. The van der Waals surface area contributed by atoms with Gasteiger partial charge in [-0.25, -0.2) is 0 Å². The number of rotatable bonds is 3. The number of carbonyl (C=O) groups is 1. The Kier molecular flexibility index (Phi) is 3.27. The third kappa shape index (κ3) is 2.32. The lowest BCUT2D eigenvalue weighted by atomic mass is 10.0. The van der Waals surface area contributed by atoms with Crippen LogP contribution < -0.4 is 0 Å². The van der Waals surface area contributed by atoms with Crippen LogP contribution in [0.2, 0.25) is 0 Å². The Morgan fingerprint density at radius 3 is 3.10 bits per heavy atom. The number of hydrogen-bond donors (Lipinski definition) is 2. The first kappa shape index (κ1) is 12.9. The number of hydrogen-bond acceptors (Lipinski definition) is 4. The fourth-order valence-electron chi connectivity index (χ4n) is 2.68. The Labute approximate surface area is 116 Å². The third-order valence-electron chi connectivity index (χ3n) is 3.71. The molecule has 7 nitrogen and oxygen atoms in total. The van der Waals surface area contributed by atoms with Crippen LogP contribution in [0.15, 0.2) is 24.7 Å². The Morgan fingerprint density at radius 1 is 1.60 bits per heavy atom. The van der Waals surface area contributed by atoms with Gasteiger partial charge in [-0.2, -0.15) is 10.2 Å². The van der Waals surface area contributed by atoms with Crippen LogP contribution in [0.4, 0.5) is 0 Å². The SMILES string of the molecule is Cn1cc(C[C@H]2[C@@H](O)CCN2C(=O)c2ccn[nH]2)cn1. The van der Waals surface area contributed by atoms with E-state index in [9.17, 15) is 9.90 Å². The lowest BCUT2D eigenvalue weighted by molar-refractivity contribution is 0.0634. The normalized spacial score (nSPS) is 22.4. The van der Waals surface area contributed by atoms with Crippen molar-refractivity contribution in [2.45, 2.75) is 25.0 Å². The first-order chi connectivity index (χ1) is 9.65. The largest absolute Gasteiger partial charge is 0.391 e. The first-order valence-corrected chi connectivity index (χ1v) is 6.61. The van der Waals surface area contributed by atoms with E-state index in [-0.39, 0.29) is 11.9 Å². The Balaban J connectivity index is 1.78. The molecule has 1 fully saturated rings. The van der Waals surface area contributed by atoms with Crippen LogP contribution in [0.3, 0.4) is 0 Å². The monoisotopic (exact) mass is 275 g/mol. The van der Waals surface area contributed by atoms with Crippen LogP contribution in [0.1, 0.15) is 22.5 Å². The number of nitrogens with zero attached hydrogens (tertiary/aromatic N) is 4. The molecule has 1 saturated heterocycles. The molecule has 0 saturated carbocycles. The molecule has 2 aromatic heterocycles. The van der Waals surface area contributed by atoms with Gasteiger partial charge in [0.1, 0.15) is 5.69 Å². The highest BCUT2D eigenvalue weighted by molar-refractivity contribution is 5.92. The standard InChI is InChI=1S/C13H17N5O2/c1-17-8-9(7-15-17)6-11-12(19)3-5-18(11)13(20)10-2-4-14-16-10/h2,4,7-8,11-12,19H,3,5-6H2,1H3,(H,14,16)/t11-,12-/m0/s1. The third-order valence-corrected chi connectivity index (χ3v) is 3.71. The van der Waals surface area contributed by atoms with Crippen molar-refractivity contribution < 1.29 is 9.90 Å². The number of amides is 1. The number of nitrogens with one attached hydrogen (secondary N) is 1. The molecule has 3 rings (SSSR count). The zero-order valence-corrected chi connectivity index (χ0v) is 11.2. The highest BCUT2D eigenvalue weighted by Crippen LogP contribution is 2.23. The summed E-state index contributed by atoms with van der Waals surface area (Å²) in [7, 11) is 1.85. The van der Waals surface area contributed by atoms with Gasteiger partial charge < -0.3 is 10.0 Å². The molecule has 0 spiro atoms. The van der Waals surface area contributed by atoms with E-state index in [1.54, 1.807) is 28.0 Å². The topological polar surface area (TPSA) is 87.0 Å². The fourth-order valence-corrected chi connectivity index (χ4v) is 2.68. The molecular formula is C13H17N5O2. The van der Waals surface area contributed by atoms with E-state index in [4.69, 9.17) is 0 Å². The van der Waals surface area contributed by atoms with Crippen molar-refractivity contribution in [2.24, 2.45) is 7.05 Å². The maximum absolute atomic E-state index is 12.4. The van der Waals surface area contributed by atoms with Crippen molar-refractivity contribution in [1.82, 2.24) is 24.9 Å². The lowest BCUT2D eigenvalue weighted by Crippen LogP contribution is -2.41. The zero-order chi connectivity index (χ0) is 14.1.